The summed E-state index contributed by atoms with van der Waals surface area (Å²) in [4.78, 5) is 0. The predicted octanol–water partition coefficient (Wildman–Crippen LogP) is 3.19. The van der Waals surface area contributed by atoms with Gasteiger partial charge in [0.2, 0.25) is 0 Å². The molecular formula is C17H19N3O. The van der Waals surface area contributed by atoms with Crippen molar-refractivity contribution >= 4 is 11.5 Å². The second kappa shape index (κ2) is 5.48. The van der Waals surface area contributed by atoms with E-state index in [0.29, 0.717) is 6.42 Å². The maximum absolute atomic E-state index is 8.61. The molecule has 0 radical (unpaired) electrons. The van der Waals surface area contributed by atoms with Crippen LogP contribution in [0.5, 0.6) is 0 Å². The van der Waals surface area contributed by atoms with E-state index in [1.807, 2.05) is 6.92 Å². The van der Waals surface area contributed by atoms with Gasteiger partial charge in [-0.3, -0.25) is 0 Å². The maximum Gasteiger partial charge on any atom is 0.141 e. The molecule has 1 unspecified atom stereocenters. The van der Waals surface area contributed by atoms with Gasteiger partial charge in [0.15, 0.2) is 0 Å². The number of fused-ring (bicyclic) bond motifs is 3. The molecule has 1 aliphatic rings. The molecule has 0 aliphatic heterocycles. The van der Waals surface area contributed by atoms with Gasteiger partial charge in [0.1, 0.15) is 5.84 Å². The highest BCUT2D eigenvalue weighted by Crippen LogP contribution is 2.37. The second-order valence-corrected chi connectivity index (χ2v) is 5.55. The Balaban J connectivity index is 1.78. The van der Waals surface area contributed by atoms with Gasteiger partial charge in [0, 0.05) is 18.2 Å². The number of amidine groups is 1. The maximum atomic E-state index is 8.61. The molecule has 4 nitrogen and oxygen atoms in total. The molecule has 3 rings (SSSR count). The molecule has 21 heavy (non-hydrogen) atoms. The van der Waals surface area contributed by atoms with E-state index in [-0.39, 0.29) is 11.9 Å². The molecule has 0 spiro atoms. The van der Waals surface area contributed by atoms with E-state index in [1.54, 1.807) is 0 Å². The Hall–Kier alpha value is -2.49. The summed E-state index contributed by atoms with van der Waals surface area (Å²) in [5, 5.41) is 15.0. The minimum Gasteiger partial charge on any atom is -0.409 e. The lowest BCUT2D eigenvalue weighted by atomic mass is 10.1. The van der Waals surface area contributed by atoms with Crippen molar-refractivity contribution in [2.75, 3.05) is 5.32 Å². The first-order valence-corrected chi connectivity index (χ1v) is 7.11. The van der Waals surface area contributed by atoms with Crippen LogP contribution in [-0.4, -0.2) is 17.1 Å². The Morgan fingerprint density at radius 3 is 2.81 bits per heavy atom. The highest BCUT2D eigenvalue weighted by Gasteiger charge is 2.18. The quantitative estimate of drug-likeness (QED) is 0.298. The lowest BCUT2D eigenvalue weighted by Crippen LogP contribution is -2.24. The van der Waals surface area contributed by atoms with Crippen LogP contribution in [0.25, 0.3) is 11.1 Å². The summed E-state index contributed by atoms with van der Waals surface area (Å²) in [6, 6.07) is 15.1. The molecule has 0 bridgehead atoms. The first-order valence-electron chi connectivity index (χ1n) is 7.11. The second-order valence-electron chi connectivity index (χ2n) is 5.55. The third kappa shape index (κ3) is 2.70. The molecule has 1 aliphatic carbocycles. The molecule has 0 saturated heterocycles. The Labute approximate surface area is 124 Å². The topological polar surface area (TPSA) is 70.6 Å². The number of nitrogens with two attached hydrogens (primary N) is 1. The number of hydrogen-bond donors (Lipinski definition) is 3. The molecule has 0 amide bonds. The van der Waals surface area contributed by atoms with Gasteiger partial charge in [0.25, 0.3) is 0 Å². The van der Waals surface area contributed by atoms with Crippen molar-refractivity contribution in [2.45, 2.75) is 25.8 Å². The molecule has 4 heteroatoms. The van der Waals surface area contributed by atoms with E-state index in [4.69, 9.17) is 10.9 Å². The molecule has 0 aromatic heterocycles. The van der Waals surface area contributed by atoms with Crippen LogP contribution in [0.15, 0.2) is 47.6 Å². The minimum atomic E-state index is 0.114. The van der Waals surface area contributed by atoms with Gasteiger partial charge in [-0.15, -0.1) is 0 Å². The normalized spacial score (nSPS) is 14.4. The van der Waals surface area contributed by atoms with E-state index in [2.05, 4.69) is 52.9 Å². The third-order valence-electron chi connectivity index (χ3n) is 3.85. The van der Waals surface area contributed by atoms with E-state index in [0.717, 1.165) is 12.1 Å². The van der Waals surface area contributed by atoms with E-state index < -0.39 is 0 Å². The zero-order valence-corrected chi connectivity index (χ0v) is 12.0. The van der Waals surface area contributed by atoms with Crippen LogP contribution in [0.3, 0.4) is 0 Å². The standard InChI is InChI=1S/C17H19N3O/c1-11(8-17(18)20-21)19-14-6-7-16-13(10-14)9-12-4-2-3-5-15(12)16/h2-7,10-11,19,21H,8-9H2,1H3,(H2,18,20). The van der Waals surface area contributed by atoms with Crippen LogP contribution in [-0.2, 0) is 6.42 Å². The summed E-state index contributed by atoms with van der Waals surface area (Å²) in [5.74, 6) is 0.239. The fraction of sp³-hybridized carbons (Fsp3) is 0.235. The van der Waals surface area contributed by atoms with Crippen molar-refractivity contribution < 1.29 is 5.21 Å². The predicted molar refractivity (Wildman–Crippen MR) is 85.8 cm³/mol. The summed E-state index contributed by atoms with van der Waals surface area (Å²) >= 11 is 0. The van der Waals surface area contributed by atoms with Crippen LogP contribution in [0.4, 0.5) is 5.69 Å². The smallest absolute Gasteiger partial charge is 0.141 e. The zero-order valence-electron chi connectivity index (χ0n) is 12.0. The van der Waals surface area contributed by atoms with E-state index >= 15 is 0 Å². The van der Waals surface area contributed by atoms with E-state index in [9.17, 15) is 0 Å². The molecule has 0 saturated carbocycles. The molecule has 108 valence electrons. The number of oxime groups is 1. The Kier molecular flexibility index (Phi) is 3.52. The Morgan fingerprint density at radius 2 is 2.00 bits per heavy atom. The average Bonchev–Trinajstić information content (AvgIpc) is 2.84. The van der Waals surface area contributed by atoms with Crippen LogP contribution in [0, 0.1) is 0 Å². The molecule has 0 fully saturated rings. The Bertz CT molecular complexity index is 694. The first kappa shape index (κ1) is 13.5. The van der Waals surface area contributed by atoms with Gasteiger partial charge in [-0.25, -0.2) is 0 Å². The molecule has 2 aromatic rings. The van der Waals surface area contributed by atoms with Crippen molar-refractivity contribution in [3.05, 3.63) is 53.6 Å². The minimum absolute atomic E-state index is 0.114. The van der Waals surface area contributed by atoms with Crippen molar-refractivity contribution in [3.8, 4) is 11.1 Å². The summed E-state index contributed by atoms with van der Waals surface area (Å²) in [6.07, 6.45) is 1.49. The fourth-order valence-corrected chi connectivity index (χ4v) is 2.92. The van der Waals surface area contributed by atoms with Crippen LogP contribution >= 0.6 is 0 Å². The highest BCUT2D eigenvalue weighted by molar-refractivity contribution is 5.81. The molecule has 2 aromatic carbocycles. The SMILES string of the molecule is CC(CC(N)=NO)Nc1ccc2c(c1)Cc1ccccc1-2. The number of anilines is 1. The molecular weight excluding hydrogens is 262 g/mol. The number of nitrogens with zero attached hydrogens (tertiary/aromatic N) is 1. The van der Waals surface area contributed by atoms with Crippen molar-refractivity contribution in [1.82, 2.24) is 0 Å². The molecule has 0 heterocycles. The number of nitrogens with one attached hydrogen (secondary N) is 1. The van der Waals surface area contributed by atoms with Gasteiger partial charge in [-0.1, -0.05) is 35.5 Å². The van der Waals surface area contributed by atoms with Gasteiger partial charge < -0.3 is 16.3 Å². The van der Waals surface area contributed by atoms with Crippen molar-refractivity contribution in [1.29, 1.82) is 0 Å². The van der Waals surface area contributed by atoms with Crippen molar-refractivity contribution in [2.24, 2.45) is 10.9 Å². The fourth-order valence-electron chi connectivity index (χ4n) is 2.92. The zero-order chi connectivity index (χ0) is 14.8. The molecule has 1 atom stereocenters. The number of benzene rings is 2. The van der Waals surface area contributed by atoms with Gasteiger partial charge in [-0.2, -0.15) is 0 Å². The largest absolute Gasteiger partial charge is 0.409 e. The lowest BCUT2D eigenvalue weighted by Gasteiger charge is -2.15. The van der Waals surface area contributed by atoms with Crippen molar-refractivity contribution in [3.63, 3.8) is 0 Å². The summed E-state index contributed by atoms with van der Waals surface area (Å²) in [6.45, 7) is 2.01. The van der Waals surface area contributed by atoms with Crippen LogP contribution in [0.1, 0.15) is 24.5 Å². The summed E-state index contributed by atoms with van der Waals surface area (Å²) < 4.78 is 0. The van der Waals surface area contributed by atoms with Gasteiger partial charge >= 0.3 is 0 Å². The highest BCUT2D eigenvalue weighted by atomic mass is 16.4. The number of rotatable bonds is 4. The summed E-state index contributed by atoms with van der Waals surface area (Å²) in [5.41, 5.74) is 12.0. The van der Waals surface area contributed by atoms with Crippen LogP contribution < -0.4 is 11.1 Å². The van der Waals surface area contributed by atoms with Crippen LogP contribution in [0.2, 0.25) is 0 Å². The molecule has 4 N–H and O–H groups in total. The Morgan fingerprint density at radius 1 is 1.24 bits per heavy atom. The summed E-state index contributed by atoms with van der Waals surface area (Å²) in [7, 11) is 0. The van der Waals surface area contributed by atoms with Gasteiger partial charge in [-0.05, 0) is 47.7 Å². The monoisotopic (exact) mass is 281 g/mol. The number of hydrogen-bond acceptors (Lipinski definition) is 3. The van der Waals surface area contributed by atoms with Gasteiger partial charge in [0.05, 0.1) is 0 Å². The third-order valence-corrected chi connectivity index (χ3v) is 3.85. The van der Waals surface area contributed by atoms with E-state index in [1.165, 1.54) is 22.3 Å². The average molecular weight is 281 g/mol. The lowest BCUT2D eigenvalue weighted by molar-refractivity contribution is 0.316. The first-order chi connectivity index (χ1) is 10.2.